The van der Waals surface area contributed by atoms with Crippen molar-refractivity contribution in [2.24, 2.45) is 0 Å². The fourth-order valence-corrected chi connectivity index (χ4v) is 4.44. The second kappa shape index (κ2) is 9.58. The summed E-state index contributed by atoms with van der Waals surface area (Å²) in [5.74, 6) is 0.0689. The molecule has 0 saturated carbocycles. The summed E-state index contributed by atoms with van der Waals surface area (Å²) in [7, 11) is 0. The Bertz CT molecular complexity index is 1250. The van der Waals surface area contributed by atoms with Gasteiger partial charge in [0.05, 0.1) is 0 Å². The van der Waals surface area contributed by atoms with E-state index in [4.69, 9.17) is 4.74 Å². The van der Waals surface area contributed by atoms with Crippen molar-refractivity contribution in [2.75, 3.05) is 13.2 Å². The number of carbonyl (C=O) groups is 1. The lowest BCUT2D eigenvalue weighted by atomic mass is 9.98. The van der Waals surface area contributed by atoms with Gasteiger partial charge in [0.15, 0.2) is 0 Å². The van der Waals surface area contributed by atoms with Gasteiger partial charge in [-0.3, -0.25) is 0 Å². The Morgan fingerprint density at radius 2 is 1.39 bits per heavy atom. The largest absolute Gasteiger partial charge is 0.449 e. The Kier molecular flexibility index (Phi) is 6.03. The molecule has 0 unspecified atom stereocenters. The number of alkyl carbamates (subject to hydrolysis) is 1. The highest BCUT2D eigenvalue weighted by atomic mass is 16.5. The van der Waals surface area contributed by atoms with Crippen LogP contribution >= 0.6 is 0 Å². The van der Waals surface area contributed by atoms with E-state index in [0.29, 0.717) is 13.2 Å². The molecule has 0 heterocycles. The van der Waals surface area contributed by atoms with Crippen LogP contribution in [0.2, 0.25) is 0 Å². The van der Waals surface area contributed by atoms with Crippen molar-refractivity contribution in [2.45, 2.75) is 5.92 Å². The van der Waals surface area contributed by atoms with E-state index in [1.165, 1.54) is 33.4 Å². The lowest BCUT2D eigenvalue weighted by Crippen LogP contribution is -2.26. The van der Waals surface area contributed by atoms with Gasteiger partial charge in [-0.05, 0) is 45.0 Å². The van der Waals surface area contributed by atoms with E-state index in [1.807, 2.05) is 60.7 Å². The number of carbonyl (C=O) groups excluding carboxylic acids is 1. The fraction of sp³-hybridized carbons (Fsp3) is 0.100. The topological polar surface area (TPSA) is 38.3 Å². The molecule has 1 aliphatic carbocycles. The first-order valence-electron chi connectivity index (χ1n) is 11.2. The molecule has 0 saturated heterocycles. The van der Waals surface area contributed by atoms with Gasteiger partial charge in [0.25, 0.3) is 0 Å². The molecule has 0 aromatic heterocycles. The molecule has 0 fully saturated rings. The van der Waals surface area contributed by atoms with Gasteiger partial charge in [0.1, 0.15) is 6.61 Å². The molecule has 0 atom stereocenters. The molecule has 1 amide bonds. The van der Waals surface area contributed by atoms with Crippen molar-refractivity contribution in [3.05, 3.63) is 126 Å². The van der Waals surface area contributed by atoms with E-state index in [1.54, 1.807) is 0 Å². The summed E-state index contributed by atoms with van der Waals surface area (Å²) in [5.41, 5.74) is 8.32. The Labute approximate surface area is 194 Å². The zero-order chi connectivity index (χ0) is 22.5. The summed E-state index contributed by atoms with van der Waals surface area (Å²) in [6.07, 6.45) is 3.54. The number of rotatable bonds is 6. The summed E-state index contributed by atoms with van der Waals surface area (Å²) in [6.45, 7) is 0.731. The highest BCUT2D eigenvalue weighted by molar-refractivity contribution is 5.79. The molecule has 4 aromatic carbocycles. The van der Waals surface area contributed by atoms with Crippen LogP contribution in [0.5, 0.6) is 0 Å². The Hall–Kier alpha value is -4.11. The lowest BCUT2D eigenvalue weighted by molar-refractivity contribution is 0.144. The summed E-state index contributed by atoms with van der Waals surface area (Å²) >= 11 is 0. The maximum Gasteiger partial charge on any atom is 0.407 e. The molecule has 3 nitrogen and oxygen atoms in total. The molecule has 0 spiro atoms. The average molecular weight is 432 g/mol. The molecule has 162 valence electrons. The minimum absolute atomic E-state index is 0.0689. The number of fused-ring (bicyclic) bond motifs is 3. The smallest absolute Gasteiger partial charge is 0.407 e. The molecular formula is C30H25NO2. The number of benzene rings is 4. The SMILES string of the molecule is O=C(NCC=Cc1cccc(-c2ccccc2)c1)OCC1c2ccccc2-c2ccccc21. The molecule has 4 aromatic rings. The zero-order valence-electron chi connectivity index (χ0n) is 18.3. The minimum atomic E-state index is -0.403. The van der Waals surface area contributed by atoms with Crippen molar-refractivity contribution < 1.29 is 9.53 Å². The van der Waals surface area contributed by atoms with Gasteiger partial charge in [-0.1, -0.05) is 109 Å². The summed E-state index contributed by atoms with van der Waals surface area (Å²) in [4.78, 5) is 12.3. The van der Waals surface area contributed by atoms with Crippen LogP contribution in [-0.4, -0.2) is 19.2 Å². The first kappa shape index (κ1) is 20.8. The van der Waals surface area contributed by atoms with E-state index in [9.17, 15) is 4.79 Å². The van der Waals surface area contributed by atoms with Crippen molar-refractivity contribution in [3.8, 4) is 22.3 Å². The minimum Gasteiger partial charge on any atom is -0.449 e. The summed E-state index contributed by atoms with van der Waals surface area (Å²) in [5, 5.41) is 2.82. The number of amides is 1. The van der Waals surface area contributed by atoms with Crippen LogP contribution in [0.1, 0.15) is 22.6 Å². The van der Waals surface area contributed by atoms with Crippen LogP contribution in [0.4, 0.5) is 4.79 Å². The molecule has 0 bridgehead atoms. The quantitative estimate of drug-likeness (QED) is 0.360. The monoisotopic (exact) mass is 431 g/mol. The first-order chi connectivity index (χ1) is 16.3. The number of hydrogen-bond acceptors (Lipinski definition) is 2. The highest BCUT2D eigenvalue weighted by Crippen LogP contribution is 2.44. The van der Waals surface area contributed by atoms with Crippen LogP contribution in [0.15, 0.2) is 109 Å². The van der Waals surface area contributed by atoms with E-state index in [2.05, 4.69) is 59.9 Å². The van der Waals surface area contributed by atoms with Gasteiger partial charge in [0, 0.05) is 12.5 Å². The second-order valence-corrected chi connectivity index (χ2v) is 8.10. The van der Waals surface area contributed by atoms with Gasteiger partial charge >= 0.3 is 6.09 Å². The predicted molar refractivity (Wildman–Crippen MR) is 134 cm³/mol. The first-order valence-corrected chi connectivity index (χ1v) is 11.2. The van der Waals surface area contributed by atoms with Crippen molar-refractivity contribution in [1.29, 1.82) is 0 Å². The third-order valence-corrected chi connectivity index (χ3v) is 6.01. The van der Waals surface area contributed by atoms with Crippen molar-refractivity contribution in [1.82, 2.24) is 5.32 Å². The van der Waals surface area contributed by atoms with Gasteiger partial charge in [-0.2, -0.15) is 0 Å². The van der Waals surface area contributed by atoms with E-state index in [0.717, 1.165) is 5.56 Å². The second-order valence-electron chi connectivity index (χ2n) is 8.10. The van der Waals surface area contributed by atoms with E-state index >= 15 is 0 Å². The number of hydrogen-bond donors (Lipinski definition) is 1. The Morgan fingerprint density at radius 1 is 0.758 bits per heavy atom. The Morgan fingerprint density at radius 3 is 2.12 bits per heavy atom. The van der Waals surface area contributed by atoms with Crippen molar-refractivity contribution >= 4 is 12.2 Å². The van der Waals surface area contributed by atoms with Gasteiger partial charge in [0.2, 0.25) is 0 Å². The molecule has 33 heavy (non-hydrogen) atoms. The normalized spacial score (nSPS) is 12.4. The van der Waals surface area contributed by atoms with Gasteiger partial charge < -0.3 is 10.1 Å². The van der Waals surface area contributed by atoms with Crippen LogP contribution in [0.25, 0.3) is 28.3 Å². The van der Waals surface area contributed by atoms with Crippen LogP contribution < -0.4 is 5.32 Å². The molecule has 1 aliphatic rings. The number of nitrogens with one attached hydrogen (secondary N) is 1. The zero-order valence-corrected chi connectivity index (χ0v) is 18.3. The lowest BCUT2D eigenvalue weighted by Gasteiger charge is -2.14. The highest BCUT2D eigenvalue weighted by Gasteiger charge is 2.28. The van der Waals surface area contributed by atoms with Crippen LogP contribution in [0, 0.1) is 0 Å². The molecular weight excluding hydrogens is 406 g/mol. The third-order valence-electron chi connectivity index (χ3n) is 6.01. The van der Waals surface area contributed by atoms with Gasteiger partial charge in [-0.25, -0.2) is 4.79 Å². The Balaban J connectivity index is 1.16. The standard InChI is InChI=1S/C30H25NO2/c32-30(31-19-9-11-22-10-8-14-24(20-22)23-12-2-1-3-13-23)33-21-29-27-17-6-4-15-25(27)26-16-5-7-18-28(26)29/h1-18,20,29H,19,21H2,(H,31,32). The maximum absolute atomic E-state index is 12.3. The predicted octanol–water partition coefficient (Wildman–Crippen LogP) is 6.91. The van der Waals surface area contributed by atoms with Crippen LogP contribution in [-0.2, 0) is 4.74 Å². The molecule has 0 aliphatic heterocycles. The number of ether oxygens (including phenoxy) is 1. The summed E-state index contributed by atoms with van der Waals surface area (Å²) < 4.78 is 5.58. The molecule has 3 heteroatoms. The fourth-order valence-electron chi connectivity index (χ4n) is 4.44. The van der Waals surface area contributed by atoms with Crippen LogP contribution in [0.3, 0.4) is 0 Å². The average Bonchev–Trinajstić information content (AvgIpc) is 3.20. The van der Waals surface area contributed by atoms with Gasteiger partial charge in [-0.15, -0.1) is 0 Å². The molecule has 0 radical (unpaired) electrons. The van der Waals surface area contributed by atoms with E-state index in [-0.39, 0.29) is 5.92 Å². The third kappa shape index (κ3) is 4.58. The van der Waals surface area contributed by atoms with E-state index < -0.39 is 6.09 Å². The molecule has 5 rings (SSSR count). The van der Waals surface area contributed by atoms with Crippen molar-refractivity contribution in [3.63, 3.8) is 0 Å². The molecule has 1 N–H and O–H groups in total. The summed E-state index contributed by atoms with van der Waals surface area (Å²) in [6, 6.07) is 35.3. The maximum atomic E-state index is 12.3.